The standard InChI is InChI=1S/C10H9F2NO3S2/c1-10(11,12)8-5-6(13-16-8)7-3-4-9(17-7)18(2,14)15/h3-5H,1-2H3. The highest BCUT2D eigenvalue weighted by atomic mass is 32.2. The molecule has 2 heterocycles. The molecule has 0 saturated heterocycles. The fraction of sp³-hybridized carbons (Fsp3) is 0.300. The molecule has 0 amide bonds. The number of aromatic nitrogens is 1. The van der Waals surface area contributed by atoms with Crippen molar-refractivity contribution < 1.29 is 21.7 Å². The van der Waals surface area contributed by atoms with E-state index in [4.69, 9.17) is 0 Å². The van der Waals surface area contributed by atoms with Crippen LogP contribution in [0.4, 0.5) is 8.78 Å². The Hall–Kier alpha value is -1.28. The Bertz CT molecular complexity index is 667. The smallest absolute Gasteiger partial charge is 0.304 e. The molecule has 0 spiro atoms. The zero-order valence-electron chi connectivity index (χ0n) is 9.48. The van der Waals surface area contributed by atoms with Gasteiger partial charge < -0.3 is 4.52 Å². The molecular weight excluding hydrogens is 284 g/mol. The summed E-state index contributed by atoms with van der Waals surface area (Å²) in [6.45, 7) is 0.702. The van der Waals surface area contributed by atoms with Gasteiger partial charge in [-0.25, -0.2) is 8.42 Å². The Kier molecular flexibility index (Phi) is 3.02. The van der Waals surface area contributed by atoms with Crippen LogP contribution < -0.4 is 0 Å². The molecule has 0 saturated carbocycles. The van der Waals surface area contributed by atoms with Gasteiger partial charge >= 0.3 is 5.92 Å². The van der Waals surface area contributed by atoms with E-state index in [-0.39, 0.29) is 9.90 Å². The van der Waals surface area contributed by atoms with Gasteiger partial charge in [0.15, 0.2) is 9.84 Å². The number of hydrogen-bond donors (Lipinski definition) is 0. The third-order valence-corrected chi connectivity index (χ3v) is 5.07. The first-order chi connectivity index (χ1) is 8.18. The molecule has 0 aliphatic heterocycles. The summed E-state index contributed by atoms with van der Waals surface area (Å²) in [5, 5.41) is 3.51. The van der Waals surface area contributed by atoms with E-state index in [0.29, 0.717) is 11.8 Å². The van der Waals surface area contributed by atoms with Crippen molar-refractivity contribution in [3.05, 3.63) is 24.0 Å². The lowest BCUT2D eigenvalue weighted by Crippen LogP contribution is -2.04. The average molecular weight is 293 g/mol. The second kappa shape index (κ2) is 4.13. The van der Waals surface area contributed by atoms with Crippen molar-refractivity contribution in [3.63, 3.8) is 0 Å². The summed E-state index contributed by atoms with van der Waals surface area (Å²) in [7, 11) is -3.30. The van der Waals surface area contributed by atoms with E-state index >= 15 is 0 Å². The summed E-state index contributed by atoms with van der Waals surface area (Å²) in [6.07, 6.45) is 1.08. The maximum absolute atomic E-state index is 13.0. The second-order valence-corrected chi connectivity index (χ2v) is 7.18. The zero-order valence-corrected chi connectivity index (χ0v) is 11.1. The molecule has 4 nitrogen and oxygen atoms in total. The summed E-state index contributed by atoms with van der Waals surface area (Å²) in [5.41, 5.74) is 0.200. The quantitative estimate of drug-likeness (QED) is 0.873. The van der Waals surface area contributed by atoms with Gasteiger partial charge in [0.25, 0.3) is 0 Å². The predicted octanol–water partition coefficient (Wildman–Crippen LogP) is 2.92. The average Bonchev–Trinajstić information content (AvgIpc) is 2.84. The number of sulfone groups is 1. The minimum Gasteiger partial charge on any atom is -0.354 e. The third kappa shape index (κ3) is 2.59. The van der Waals surface area contributed by atoms with E-state index in [2.05, 4.69) is 9.68 Å². The lowest BCUT2D eigenvalue weighted by atomic mass is 10.2. The first-order valence-corrected chi connectivity index (χ1v) is 7.54. The van der Waals surface area contributed by atoms with Crippen LogP contribution in [0.15, 0.2) is 26.9 Å². The van der Waals surface area contributed by atoms with Gasteiger partial charge in [0.1, 0.15) is 9.90 Å². The summed E-state index contributed by atoms with van der Waals surface area (Å²) in [6, 6.07) is 4.03. The molecular formula is C10H9F2NO3S2. The molecule has 98 valence electrons. The molecule has 2 rings (SSSR count). The van der Waals surface area contributed by atoms with Gasteiger partial charge in [-0.1, -0.05) is 5.16 Å². The van der Waals surface area contributed by atoms with Crippen molar-refractivity contribution in [3.8, 4) is 10.6 Å². The highest BCUT2D eigenvalue weighted by Crippen LogP contribution is 2.34. The first-order valence-electron chi connectivity index (χ1n) is 4.83. The highest BCUT2D eigenvalue weighted by molar-refractivity contribution is 7.92. The molecule has 0 atom stereocenters. The lowest BCUT2D eigenvalue weighted by Gasteiger charge is -2.02. The summed E-state index contributed by atoms with van der Waals surface area (Å²) in [5.74, 6) is -3.66. The molecule has 2 aromatic rings. The summed E-state index contributed by atoms with van der Waals surface area (Å²) in [4.78, 5) is 0.467. The van der Waals surface area contributed by atoms with Crippen LogP contribution in [-0.4, -0.2) is 19.8 Å². The Balaban J connectivity index is 2.39. The van der Waals surface area contributed by atoms with E-state index in [1.807, 2.05) is 0 Å². The maximum Gasteiger partial charge on any atom is 0.304 e. The molecule has 0 bridgehead atoms. The Morgan fingerprint density at radius 2 is 2.06 bits per heavy atom. The maximum atomic E-state index is 13.0. The van der Waals surface area contributed by atoms with Crippen LogP contribution in [-0.2, 0) is 15.8 Å². The van der Waals surface area contributed by atoms with E-state index in [1.165, 1.54) is 12.1 Å². The van der Waals surface area contributed by atoms with Crippen molar-refractivity contribution in [2.75, 3.05) is 6.26 Å². The summed E-state index contributed by atoms with van der Waals surface area (Å²) >= 11 is 0.962. The zero-order chi connectivity index (χ0) is 13.6. The monoisotopic (exact) mass is 293 g/mol. The van der Waals surface area contributed by atoms with E-state index in [9.17, 15) is 17.2 Å². The number of halogens is 2. The molecule has 0 N–H and O–H groups in total. The SMILES string of the molecule is CC(F)(F)c1cc(-c2ccc(S(C)(=O)=O)s2)no1. The molecule has 0 aliphatic carbocycles. The normalized spacial score (nSPS) is 12.9. The van der Waals surface area contributed by atoms with Gasteiger partial charge in [-0.05, 0) is 12.1 Å². The summed E-state index contributed by atoms with van der Waals surface area (Å²) < 4.78 is 53.2. The van der Waals surface area contributed by atoms with Gasteiger partial charge in [-0.3, -0.25) is 0 Å². The highest BCUT2D eigenvalue weighted by Gasteiger charge is 2.30. The van der Waals surface area contributed by atoms with E-state index < -0.39 is 21.5 Å². The van der Waals surface area contributed by atoms with Crippen molar-refractivity contribution >= 4 is 21.2 Å². The van der Waals surface area contributed by atoms with E-state index in [1.54, 1.807) is 0 Å². The van der Waals surface area contributed by atoms with Crippen LogP contribution in [0.25, 0.3) is 10.6 Å². The molecule has 8 heteroatoms. The molecule has 0 aromatic carbocycles. The fourth-order valence-electron chi connectivity index (χ4n) is 1.26. The van der Waals surface area contributed by atoms with Crippen LogP contribution in [0.2, 0.25) is 0 Å². The van der Waals surface area contributed by atoms with Gasteiger partial charge in [0.05, 0.1) is 4.88 Å². The fourth-order valence-corrected chi connectivity index (χ4v) is 3.14. The third-order valence-electron chi connectivity index (χ3n) is 2.14. The van der Waals surface area contributed by atoms with Gasteiger partial charge in [-0.2, -0.15) is 8.78 Å². The Morgan fingerprint density at radius 3 is 2.50 bits per heavy atom. The van der Waals surface area contributed by atoms with Gasteiger partial charge in [-0.15, -0.1) is 11.3 Å². The first kappa shape index (κ1) is 13.2. The van der Waals surface area contributed by atoms with E-state index in [0.717, 1.165) is 23.7 Å². The molecule has 0 aliphatic rings. The second-order valence-electron chi connectivity index (χ2n) is 3.86. The predicted molar refractivity (Wildman–Crippen MR) is 62.5 cm³/mol. The molecule has 0 fully saturated rings. The van der Waals surface area contributed by atoms with Gasteiger partial charge in [0.2, 0.25) is 5.76 Å². The largest absolute Gasteiger partial charge is 0.354 e. The molecule has 0 radical (unpaired) electrons. The minimum absolute atomic E-state index is 0.158. The van der Waals surface area contributed by atoms with Crippen LogP contribution in [0.5, 0.6) is 0 Å². The molecule has 0 unspecified atom stereocenters. The van der Waals surface area contributed by atoms with Gasteiger partial charge in [0, 0.05) is 19.2 Å². The number of nitrogens with zero attached hydrogens (tertiary/aromatic N) is 1. The molecule has 2 aromatic heterocycles. The number of thiophene rings is 1. The Labute approximate surface area is 106 Å². The topological polar surface area (TPSA) is 60.2 Å². The van der Waals surface area contributed by atoms with Crippen LogP contribution in [0.3, 0.4) is 0 Å². The number of rotatable bonds is 3. The Morgan fingerprint density at radius 1 is 1.39 bits per heavy atom. The van der Waals surface area contributed by atoms with Crippen molar-refractivity contribution in [2.24, 2.45) is 0 Å². The van der Waals surface area contributed by atoms with Crippen molar-refractivity contribution in [2.45, 2.75) is 17.1 Å². The van der Waals surface area contributed by atoms with Crippen LogP contribution in [0, 0.1) is 0 Å². The van der Waals surface area contributed by atoms with Crippen molar-refractivity contribution in [1.82, 2.24) is 5.16 Å². The van der Waals surface area contributed by atoms with Crippen molar-refractivity contribution in [1.29, 1.82) is 0 Å². The minimum atomic E-state index is -3.30. The number of alkyl halides is 2. The molecule has 18 heavy (non-hydrogen) atoms. The van der Waals surface area contributed by atoms with Crippen LogP contribution in [0.1, 0.15) is 12.7 Å². The van der Waals surface area contributed by atoms with Crippen LogP contribution >= 0.6 is 11.3 Å². The lowest BCUT2D eigenvalue weighted by molar-refractivity contribution is -0.0105. The number of hydrogen-bond acceptors (Lipinski definition) is 5.